The second kappa shape index (κ2) is 5.08. The van der Waals surface area contributed by atoms with Crippen molar-refractivity contribution in [3.63, 3.8) is 0 Å². The Kier molecular flexibility index (Phi) is 3.72. The summed E-state index contributed by atoms with van der Waals surface area (Å²) in [5.41, 5.74) is 6.44. The third-order valence-corrected chi connectivity index (χ3v) is 5.25. The Morgan fingerprint density at radius 2 is 2.24 bits per heavy atom. The maximum absolute atomic E-state index is 11.7. The van der Waals surface area contributed by atoms with Gasteiger partial charge in [0.1, 0.15) is 0 Å². The molecule has 0 unspecified atom stereocenters. The fourth-order valence-electron chi connectivity index (χ4n) is 1.16. The molecule has 0 saturated carbocycles. The monoisotopic (exact) mass is 290 g/mol. The Hall–Kier alpha value is -1.03. The molecule has 0 aliphatic carbocycles. The Morgan fingerprint density at radius 1 is 1.41 bits per heavy atom. The van der Waals surface area contributed by atoms with Crippen LogP contribution in [0.2, 0.25) is 0 Å². The highest BCUT2D eigenvalue weighted by Gasteiger charge is 2.18. The number of sulfonamides is 1. The summed E-state index contributed by atoms with van der Waals surface area (Å²) in [6.07, 6.45) is 0.650. The van der Waals surface area contributed by atoms with Crippen LogP contribution in [0, 0.1) is 0 Å². The van der Waals surface area contributed by atoms with E-state index in [0.29, 0.717) is 13.0 Å². The van der Waals surface area contributed by atoms with E-state index in [-0.39, 0.29) is 9.47 Å². The van der Waals surface area contributed by atoms with Gasteiger partial charge in [0.05, 0.1) is 0 Å². The molecule has 0 aliphatic heterocycles. The van der Waals surface area contributed by atoms with Crippen LogP contribution in [0.5, 0.6) is 0 Å². The second-order valence-electron chi connectivity index (χ2n) is 3.19. The maximum atomic E-state index is 11.7. The van der Waals surface area contributed by atoms with E-state index in [2.05, 4.69) is 14.9 Å². The van der Waals surface area contributed by atoms with Crippen molar-refractivity contribution < 1.29 is 8.42 Å². The van der Waals surface area contributed by atoms with Crippen LogP contribution in [0.15, 0.2) is 21.2 Å². The van der Waals surface area contributed by atoms with Crippen LogP contribution in [0.4, 0.5) is 5.13 Å². The van der Waals surface area contributed by atoms with E-state index in [0.717, 1.165) is 16.9 Å². The van der Waals surface area contributed by atoms with E-state index in [1.165, 1.54) is 0 Å². The first kappa shape index (κ1) is 12.4. The third kappa shape index (κ3) is 3.22. The number of thiophene rings is 1. The smallest absolute Gasteiger partial charge is 0.269 e. The average Bonchev–Trinajstić information content (AvgIpc) is 2.89. The SMILES string of the molecule is Nc1nnc(S(=O)(=O)NCCc2ccsc2)s1. The molecule has 0 saturated heterocycles. The molecule has 0 aromatic carbocycles. The molecule has 0 atom stereocenters. The number of rotatable bonds is 5. The molecule has 2 aromatic rings. The van der Waals surface area contributed by atoms with Crippen molar-refractivity contribution in [2.24, 2.45) is 0 Å². The molecule has 9 heteroatoms. The topological polar surface area (TPSA) is 98.0 Å². The summed E-state index contributed by atoms with van der Waals surface area (Å²) in [7, 11) is -3.57. The number of nitrogen functional groups attached to an aromatic ring is 1. The maximum Gasteiger partial charge on any atom is 0.269 e. The molecule has 0 radical (unpaired) electrons. The summed E-state index contributed by atoms with van der Waals surface area (Å²) < 4.78 is 25.8. The highest BCUT2D eigenvalue weighted by Crippen LogP contribution is 2.16. The first-order valence-corrected chi connectivity index (χ1v) is 7.92. The third-order valence-electron chi connectivity index (χ3n) is 1.94. The Bertz CT molecular complexity index is 576. The number of hydrogen-bond donors (Lipinski definition) is 2. The lowest BCUT2D eigenvalue weighted by atomic mass is 10.2. The number of aromatic nitrogens is 2. The molecule has 2 heterocycles. The van der Waals surface area contributed by atoms with Crippen LogP contribution in [0.1, 0.15) is 5.56 Å². The van der Waals surface area contributed by atoms with E-state index < -0.39 is 10.0 Å². The predicted molar refractivity (Wildman–Crippen MR) is 67.5 cm³/mol. The van der Waals surface area contributed by atoms with Crippen LogP contribution in [0.3, 0.4) is 0 Å². The summed E-state index contributed by atoms with van der Waals surface area (Å²) >= 11 is 2.43. The fourth-order valence-corrected chi connectivity index (χ4v) is 3.72. The Morgan fingerprint density at radius 3 is 2.82 bits per heavy atom. The van der Waals surface area contributed by atoms with Crippen molar-refractivity contribution in [1.82, 2.24) is 14.9 Å². The van der Waals surface area contributed by atoms with Crippen LogP contribution >= 0.6 is 22.7 Å². The minimum atomic E-state index is -3.57. The van der Waals surface area contributed by atoms with Crippen LogP contribution in [0.25, 0.3) is 0 Å². The van der Waals surface area contributed by atoms with E-state index in [4.69, 9.17) is 5.73 Å². The second-order valence-corrected chi connectivity index (χ2v) is 6.92. The van der Waals surface area contributed by atoms with Crippen molar-refractivity contribution in [1.29, 1.82) is 0 Å². The molecule has 2 aromatic heterocycles. The van der Waals surface area contributed by atoms with Gasteiger partial charge >= 0.3 is 0 Å². The van der Waals surface area contributed by atoms with Crippen LogP contribution < -0.4 is 10.5 Å². The molecular formula is C8H10N4O2S3. The first-order valence-electron chi connectivity index (χ1n) is 4.67. The normalized spacial score (nSPS) is 11.8. The van der Waals surface area contributed by atoms with Crippen molar-refractivity contribution in [2.45, 2.75) is 10.8 Å². The lowest BCUT2D eigenvalue weighted by Crippen LogP contribution is -2.25. The molecule has 0 amide bonds. The quantitative estimate of drug-likeness (QED) is 0.845. The van der Waals surface area contributed by atoms with Gasteiger partial charge in [0, 0.05) is 6.54 Å². The average molecular weight is 290 g/mol. The van der Waals surface area contributed by atoms with Gasteiger partial charge in [-0.05, 0) is 28.8 Å². The van der Waals surface area contributed by atoms with E-state index in [1.54, 1.807) is 11.3 Å². The van der Waals surface area contributed by atoms with Crippen molar-refractivity contribution >= 4 is 37.8 Å². The summed E-state index contributed by atoms with van der Waals surface area (Å²) in [6.45, 7) is 0.332. The molecule has 0 aliphatic rings. The highest BCUT2D eigenvalue weighted by molar-refractivity contribution is 7.91. The van der Waals surface area contributed by atoms with Gasteiger partial charge in [-0.15, -0.1) is 10.2 Å². The standard InChI is InChI=1S/C8H10N4O2S3/c9-7-11-12-8(16-7)17(13,14)10-3-1-6-2-4-15-5-6/h2,4-5,10H,1,3H2,(H2,9,11). The van der Waals surface area contributed by atoms with Gasteiger partial charge in [-0.2, -0.15) is 11.3 Å². The largest absolute Gasteiger partial charge is 0.374 e. The van der Waals surface area contributed by atoms with Gasteiger partial charge < -0.3 is 5.73 Å². The van der Waals surface area contributed by atoms with Crippen molar-refractivity contribution in [3.05, 3.63) is 22.4 Å². The van der Waals surface area contributed by atoms with E-state index in [1.807, 2.05) is 16.8 Å². The molecule has 3 N–H and O–H groups in total. The predicted octanol–water partition coefficient (Wildman–Crippen LogP) is 0.703. The minimum absolute atomic E-state index is 0.0969. The highest BCUT2D eigenvalue weighted by atomic mass is 32.2. The van der Waals surface area contributed by atoms with Gasteiger partial charge in [-0.3, -0.25) is 0 Å². The molecule has 0 bridgehead atoms. The molecular weight excluding hydrogens is 280 g/mol. The first-order chi connectivity index (χ1) is 8.08. The Labute approximate surface area is 107 Å². The van der Waals surface area contributed by atoms with Gasteiger partial charge in [-0.25, -0.2) is 13.1 Å². The number of nitrogens with two attached hydrogens (primary N) is 1. The molecule has 17 heavy (non-hydrogen) atoms. The summed E-state index contributed by atoms with van der Waals surface area (Å²) in [4.78, 5) is 0. The van der Waals surface area contributed by atoms with Crippen molar-refractivity contribution in [3.8, 4) is 0 Å². The molecule has 0 spiro atoms. The van der Waals surface area contributed by atoms with Gasteiger partial charge in [0.25, 0.3) is 10.0 Å². The molecule has 6 nitrogen and oxygen atoms in total. The number of nitrogens with zero attached hydrogens (tertiary/aromatic N) is 2. The van der Waals surface area contributed by atoms with E-state index >= 15 is 0 Å². The van der Waals surface area contributed by atoms with Crippen molar-refractivity contribution in [2.75, 3.05) is 12.3 Å². The van der Waals surface area contributed by atoms with Gasteiger partial charge in [0.15, 0.2) is 0 Å². The summed E-state index contributed by atoms with van der Waals surface area (Å²) in [6, 6.07) is 1.96. The zero-order valence-electron chi connectivity index (χ0n) is 8.66. The molecule has 92 valence electrons. The zero-order chi connectivity index (χ0) is 12.3. The number of anilines is 1. The molecule has 2 rings (SSSR count). The minimum Gasteiger partial charge on any atom is -0.374 e. The number of nitrogens with one attached hydrogen (secondary N) is 1. The fraction of sp³-hybridized carbons (Fsp3) is 0.250. The lowest BCUT2D eigenvalue weighted by Gasteiger charge is -2.01. The zero-order valence-corrected chi connectivity index (χ0v) is 11.1. The number of hydrogen-bond acceptors (Lipinski definition) is 7. The lowest BCUT2D eigenvalue weighted by molar-refractivity contribution is 0.579. The summed E-state index contributed by atoms with van der Waals surface area (Å²) in [5, 5.41) is 11.0. The van der Waals surface area contributed by atoms with Crippen LogP contribution in [-0.4, -0.2) is 25.2 Å². The Balaban J connectivity index is 1.94. The van der Waals surface area contributed by atoms with E-state index in [9.17, 15) is 8.42 Å². The summed E-state index contributed by atoms with van der Waals surface area (Å²) in [5.74, 6) is 0. The van der Waals surface area contributed by atoms with Crippen LogP contribution in [-0.2, 0) is 16.4 Å². The van der Waals surface area contributed by atoms with Gasteiger partial charge in [0.2, 0.25) is 9.47 Å². The molecule has 0 fully saturated rings. The van der Waals surface area contributed by atoms with Gasteiger partial charge in [-0.1, -0.05) is 11.3 Å².